The highest BCUT2D eigenvalue weighted by Crippen LogP contribution is 2.04. The highest BCUT2D eigenvalue weighted by atomic mass is 32.2. The van der Waals surface area contributed by atoms with Crippen LogP contribution in [-0.4, -0.2) is 45.2 Å². The van der Waals surface area contributed by atoms with Gasteiger partial charge in [-0.1, -0.05) is 30.3 Å². The molecule has 0 spiro atoms. The van der Waals surface area contributed by atoms with Gasteiger partial charge in [0, 0.05) is 26.2 Å². The second kappa shape index (κ2) is 7.62. The number of sulfonamides is 1. The van der Waals surface area contributed by atoms with Crippen molar-refractivity contribution in [2.75, 3.05) is 26.4 Å². The molecule has 1 unspecified atom stereocenters. The van der Waals surface area contributed by atoms with E-state index in [1.165, 1.54) is 16.1 Å². The van der Waals surface area contributed by atoms with Crippen molar-refractivity contribution >= 4 is 10.0 Å². The van der Waals surface area contributed by atoms with Crippen molar-refractivity contribution < 1.29 is 8.42 Å². The van der Waals surface area contributed by atoms with Crippen LogP contribution in [-0.2, 0) is 16.4 Å². The summed E-state index contributed by atoms with van der Waals surface area (Å²) in [4.78, 5) is 0. The number of benzene rings is 1. The van der Waals surface area contributed by atoms with E-state index in [0.29, 0.717) is 19.1 Å². The summed E-state index contributed by atoms with van der Waals surface area (Å²) < 4.78 is 23.8. The summed E-state index contributed by atoms with van der Waals surface area (Å²) in [5.74, 6) is 0. The number of aryl methyl sites for hydroxylation is 1. The molecule has 1 aromatic rings. The molecule has 0 aliphatic rings. The van der Waals surface area contributed by atoms with Crippen molar-refractivity contribution in [3.8, 4) is 0 Å². The van der Waals surface area contributed by atoms with Crippen molar-refractivity contribution in [2.45, 2.75) is 25.8 Å². The first kappa shape index (κ1) is 16.1. The molecule has 1 N–H and O–H groups in total. The van der Waals surface area contributed by atoms with Crippen LogP contribution in [0.15, 0.2) is 30.3 Å². The van der Waals surface area contributed by atoms with Crippen molar-refractivity contribution in [3.05, 3.63) is 35.9 Å². The van der Waals surface area contributed by atoms with E-state index < -0.39 is 10.0 Å². The predicted octanol–water partition coefficient (Wildman–Crippen LogP) is 1.49. The van der Waals surface area contributed by atoms with Crippen LogP contribution in [0.4, 0.5) is 0 Å². The minimum atomic E-state index is -3.06. The zero-order valence-electron chi connectivity index (χ0n) is 12.0. The lowest BCUT2D eigenvalue weighted by Gasteiger charge is -2.17. The molecule has 0 fully saturated rings. The van der Waals surface area contributed by atoms with Gasteiger partial charge in [-0.05, 0) is 25.3 Å². The molecule has 1 rings (SSSR count). The molecule has 5 heteroatoms. The number of hydrogen-bond donors (Lipinski definition) is 1. The largest absolute Gasteiger partial charge is 0.313 e. The molecule has 0 aliphatic heterocycles. The highest BCUT2D eigenvalue weighted by molar-refractivity contribution is 7.88. The topological polar surface area (TPSA) is 49.4 Å². The van der Waals surface area contributed by atoms with Crippen LogP contribution in [0, 0.1) is 0 Å². The molecule has 19 heavy (non-hydrogen) atoms. The summed E-state index contributed by atoms with van der Waals surface area (Å²) in [5.41, 5.74) is 1.34. The van der Waals surface area contributed by atoms with Crippen LogP contribution in [0.5, 0.6) is 0 Å². The molecule has 0 bridgehead atoms. The number of nitrogens with zero attached hydrogens (tertiary/aromatic N) is 1. The Balaban J connectivity index is 2.20. The Morgan fingerprint density at radius 1 is 1.26 bits per heavy atom. The molecule has 0 aliphatic carbocycles. The minimum absolute atomic E-state index is 0.383. The summed E-state index contributed by atoms with van der Waals surface area (Å²) in [5, 5.41) is 3.35. The van der Waals surface area contributed by atoms with E-state index >= 15 is 0 Å². The molecule has 108 valence electrons. The fourth-order valence-electron chi connectivity index (χ4n) is 1.76. The van der Waals surface area contributed by atoms with Gasteiger partial charge >= 0.3 is 0 Å². The van der Waals surface area contributed by atoms with Crippen LogP contribution < -0.4 is 5.32 Å². The zero-order valence-corrected chi connectivity index (χ0v) is 12.8. The second-order valence-corrected chi connectivity index (χ2v) is 7.05. The normalized spacial score (nSPS) is 13.7. The van der Waals surface area contributed by atoms with Crippen molar-refractivity contribution in [1.82, 2.24) is 9.62 Å². The van der Waals surface area contributed by atoms with Gasteiger partial charge in [0.1, 0.15) is 0 Å². The van der Waals surface area contributed by atoms with Gasteiger partial charge in [0.25, 0.3) is 0 Å². The number of hydrogen-bond acceptors (Lipinski definition) is 3. The lowest BCUT2D eigenvalue weighted by Crippen LogP contribution is -2.36. The Hall–Kier alpha value is -0.910. The van der Waals surface area contributed by atoms with E-state index in [4.69, 9.17) is 0 Å². The number of nitrogens with one attached hydrogen (secondary N) is 1. The van der Waals surface area contributed by atoms with Crippen LogP contribution in [0.1, 0.15) is 18.9 Å². The third kappa shape index (κ3) is 6.71. The standard InChI is InChI=1S/C14H24N2O2S/c1-13(9-10-14-7-5-4-6-8-14)15-11-12-16(2)19(3,17)18/h4-8,13,15H,9-12H2,1-3H3. The van der Waals surface area contributed by atoms with Crippen molar-refractivity contribution in [1.29, 1.82) is 0 Å². The average Bonchev–Trinajstić information content (AvgIpc) is 2.36. The molecule has 0 radical (unpaired) electrons. The summed E-state index contributed by atoms with van der Waals surface area (Å²) in [7, 11) is -1.46. The van der Waals surface area contributed by atoms with E-state index in [2.05, 4.69) is 36.5 Å². The van der Waals surface area contributed by atoms with Gasteiger partial charge in [-0.2, -0.15) is 0 Å². The molecule has 0 aromatic heterocycles. The molecular formula is C14H24N2O2S. The van der Waals surface area contributed by atoms with Crippen LogP contribution in [0.2, 0.25) is 0 Å². The summed E-state index contributed by atoms with van der Waals surface area (Å²) in [6.45, 7) is 3.32. The molecule has 0 heterocycles. The number of likely N-dealkylation sites (N-methyl/N-ethyl adjacent to an activating group) is 1. The fraction of sp³-hybridized carbons (Fsp3) is 0.571. The van der Waals surface area contributed by atoms with Crippen LogP contribution in [0.3, 0.4) is 0 Å². The molecule has 4 nitrogen and oxygen atoms in total. The van der Waals surface area contributed by atoms with Gasteiger partial charge in [-0.15, -0.1) is 0 Å². The second-order valence-electron chi connectivity index (χ2n) is 4.96. The van der Waals surface area contributed by atoms with Crippen molar-refractivity contribution in [3.63, 3.8) is 0 Å². The quantitative estimate of drug-likeness (QED) is 0.787. The SMILES string of the molecule is CC(CCc1ccccc1)NCCN(C)S(C)(=O)=O. The lowest BCUT2D eigenvalue weighted by atomic mass is 10.1. The van der Waals surface area contributed by atoms with E-state index in [-0.39, 0.29) is 0 Å². The number of rotatable bonds is 8. The fourth-order valence-corrected chi connectivity index (χ4v) is 2.19. The van der Waals surface area contributed by atoms with Gasteiger partial charge in [0.15, 0.2) is 0 Å². The van der Waals surface area contributed by atoms with Gasteiger partial charge in [0.05, 0.1) is 6.26 Å². The Kier molecular flexibility index (Phi) is 6.48. The third-order valence-electron chi connectivity index (χ3n) is 3.19. The Morgan fingerprint density at radius 2 is 1.89 bits per heavy atom. The summed E-state index contributed by atoms with van der Waals surface area (Å²) in [6.07, 6.45) is 3.31. The minimum Gasteiger partial charge on any atom is -0.313 e. The van der Waals surface area contributed by atoms with E-state index in [0.717, 1.165) is 12.8 Å². The highest BCUT2D eigenvalue weighted by Gasteiger charge is 2.10. The Bertz CT molecular complexity index is 460. The molecule has 0 saturated carbocycles. The third-order valence-corrected chi connectivity index (χ3v) is 4.51. The Labute approximate surface area is 116 Å². The first-order valence-electron chi connectivity index (χ1n) is 6.58. The maximum Gasteiger partial charge on any atom is 0.210 e. The van der Waals surface area contributed by atoms with E-state index in [1.807, 2.05) is 6.07 Å². The van der Waals surface area contributed by atoms with E-state index in [1.54, 1.807) is 7.05 Å². The van der Waals surface area contributed by atoms with Gasteiger partial charge in [-0.3, -0.25) is 0 Å². The smallest absolute Gasteiger partial charge is 0.210 e. The predicted molar refractivity (Wildman–Crippen MR) is 79.7 cm³/mol. The van der Waals surface area contributed by atoms with Gasteiger partial charge in [-0.25, -0.2) is 12.7 Å². The summed E-state index contributed by atoms with van der Waals surface area (Å²) in [6, 6.07) is 10.8. The molecule has 0 amide bonds. The van der Waals surface area contributed by atoms with Crippen LogP contribution in [0.25, 0.3) is 0 Å². The molecule has 1 aromatic carbocycles. The monoisotopic (exact) mass is 284 g/mol. The molecular weight excluding hydrogens is 260 g/mol. The first-order chi connectivity index (χ1) is 8.89. The van der Waals surface area contributed by atoms with Gasteiger partial charge < -0.3 is 5.32 Å². The zero-order chi connectivity index (χ0) is 14.3. The average molecular weight is 284 g/mol. The van der Waals surface area contributed by atoms with Crippen molar-refractivity contribution in [2.24, 2.45) is 0 Å². The maximum absolute atomic E-state index is 11.2. The van der Waals surface area contributed by atoms with Crippen LogP contribution >= 0.6 is 0 Å². The van der Waals surface area contributed by atoms with E-state index in [9.17, 15) is 8.42 Å². The maximum atomic E-state index is 11.2. The molecule has 0 saturated heterocycles. The lowest BCUT2D eigenvalue weighted by molar-refractivity contribution is 0.436. The Morgan fingerprint density at radius 3 is 2.47 bits per heavy atom. The molecule has 1 atom stereocenters. The summed E-state index contributed by atoms with van der Waals surface area (Å²) >= 11 is 0. The van der Waals surface area contributed by atoms with Gasteiger partial charge in [0.2, 0.25) is 10.0 Å². The first-order valence-corrected chi connectivity index (χ1v) is 8.43.